The molecule has 1 aliphatic heterocycles. The molecule has 0 bridgehead atoms. The number of piperidine rings is 1. The van der Waals surface area contributed by atoms with Gasteiger partial charge >= 0.3 is 0 Å². The lowest BCUT2D eigenvalue weighted by Crippen LogP contribution is -2.29. The number of anilines is 1. The molecule has 1 aromatic carbocycles. The van der Waals surface area contributed by atoms with E-state index in [1.165, 1.54) is 31.4 Å². The van der Waals surface area contributed by atoms with Crippen LogP contribution in [-0.2, 0) is 6.54 Å². The van der Waals surface area contributed by atoms with Gasteiger partial charge in [-0.25, -0.2) is 13.8 Å². The van der Waals surface area contributed by atoms with E-state index in [-0.39, 0.29) is 16.9 Å². The fourth-order valence-electron chi connectivity index (χ4n) is 5.94. The standard InChI is InChI=1S/C33H34F2N10/c1-44(2)11-8-37-24-14-21(13-23(34)15-24)30-31-25(6-7-38-30)40-33(41-31)32-27-26(42-43-32)18-39-29(28(27)35)22-12-20(16-36-17-22)19-45-9-4-3-5-10-45/h6-7,12-18,37H,3-5,8-11,19H2,1-2H3,(H,40,41)(H,42,43). The van der Waals surface area contributed by atoms with E-state index in [2.05, 4.69) is 40.3 Å². The Balaban J connectivity index is 1.24. The Morgan fingerprint density at radius 3 is 2.62 bits per heavy atom. The molecule has 230 valence electrons. The quantitative estimate of drug-likeness (QED) is 0.187. The number of hydrogen-bond acceptors (Lipinski definition) is 8. The zero-order chi connectivity index (χ0) is 30.9. The summed E-state index contributed by atoms with van der Waals surface area (Å²) in [5.41, 5.74) is 5.51. The average Bonchev–Trinajstić information content (AvgIpc) is 3.66. The van der Waals surface area contributed by atoms with Crippen molar-refractivity contribution in [1.29, 1.82) is 0 Å². The largest absolute Gasteiger partial charge is 0.384 e. The van der Waals surface area contributed by atoms with Crippen LogP contribution in [0, 0.1) is 11.6 Å². The smallest absolute Gasteiger partial charge is 0.161 e. The maximum absolute atomic E-state index is 16.3. The summed E-state index contributed by atoms with van der Waals surface area (Å²) in [4.78, 5) is 25.9. The molecule has 0 amide bonds. The van der Waals surface area contributed by atoms with Crippen molar-refractivity contribution in [3.8, 4) is 34.0 Å². The minimum atomic E-state index is -0.509. The normalized spacial score (nSPS) is 14.2. The maximum Gasteiger partial charge on any atom is 0.161 e. The van der Waals surface area contributed by atoms with Gasteiger partial charge in [-0.1, -0.05) is 6.42 Å². The highest BCUT2D eigenvalue weighted by Crippen LogP contribution is 2.34. The number of imidazole rings is 1. The third-order valence-electron chi connectivity index (χ3n) is 8.15. The molecule has 45 heavy (non-hydrogen) atoms. The first-order chi connectivity index (χ1) is 21.9. The van der Waals surface area contributed by atoms with Crippen LogP contribution in [0.2, 0.25) is 0 Å². The minimum absolute atomic E-state index is 0.200. The van der Waals surface area contributed by atoms with Crippen molar-refractivity contribution in [3.63, 3.8) is 0 Å². The molecule has 1 saturated heterocycles. The van der Waals surface area contributed by atoms with Gasteiger partial charge in [0.15, 0.2) is 11.6 Å². The second kappa shape index (κ2) is 12.3. The molecule has 5 aromatic heterocycles. The van der Waals surface area contributed by atoms with Gasteiger partial charge < -0.3 is 15.2 Å². The first-order valence-corrected chi connectivity index (χ1v) is 15.2. The van der Waals surface area contributed by atoms with E-state index in [0.29, 0.717) is 57.1 Å². The Morgan fingerprint density at radius 2 is 1.78 bits per heavy atom. The van der Waals surface area contributed by atoms with Gasteiger partial charge in [0, 0.05) is 55.0 Å². The number of likely N-dealkylation sites (tertiary alicyclic amines) is 1. The van der Waals surface area contributed by atoms with Crippen molar-refractivity contribution in [2.75, 3.05) is 45.6 Å². The molecule has 1 aliphatic rings. The van der Waals surface area contributed by atoms with Gasteiger partial charge in [-0.3, -0.25) is 25.0 Å². The molecule has 0 atom stereocenters. The molecule has 0 aliphatic carbocycles. The molecule has 7 rings (SSSR count). The van der Waals surface area contributed by atoms with Crippen molar-refractivity contribution in [3.05, 3.63) is 72.3 Å². The Hall–Kier alpha value is -4.81. The van der Waals surface area contributed by atoms with Gasteiger partial charge in [0.2, 0.25) is 0 Å². The third-order valence-corrected chi connectivity index (χ3v) is 8.15. The number of nitrogens with one attached hydrogen (secondary N) is 3. The van der Waals surface area contributed by atoms with Crippen molar-refractivity contribution in [2.45, 2.75) is 25.8 Å². The number of likely N-dealkylation sites (N-methyl/N-ethyl adjacent to an activating group) is 1. The summed E-state index contributed by atoms with van der Waals surface area (Å²) < 4.78 is 31.0. The molecule has 0 saturated carbocycles. The number of aromatic nitrogens is 7. The highest BCUT2D eigenvalue weighted by Gasteiger charge is 2.22. The number of nitrogens with zero attached hydrogens (tertiary/aromatic N) is 7. The lowest BCUT2D eigenvalue weighted by molar-refractivity contribution is 0.220. The summed E-state index contributed by atoms with van der Waals surface area (Å²) in [5.74, 6) is -0.533. The first kappa shape index (κ1) is 28.9. The molecule has 0 unspecified atom stereocenters. The molecule has 1 fully saturated rings. The number of aromatic amines is 2. The van der Waals surface area contributed by atoms with Gasteiger partial charge in [-0.2, -0.15) is 5.10 Å². The van der Waals surface area contributed by atoms with E-state index in [0.717, 1.165) is 31.7 Å². The van der Waals surface area contributed by atoms with E-state index in [1.54, 1.807) is 24.7 Å². The van der Waals surface area contributed by atoms with Gasteiger partial charge in [0.05, 0.1) is 28.3 Å². The van der Waals surface area contributed by atoms with Crippen LogP contribution in [0.4, 0.5) is 14.5 Å². The fraction of sp³-hybridized carbons (Fsp3) is 0.303. The second-order valence-corrected chi connectivity index (χ2v) is 11.8. The van der Waals surface area contributed by atoms with E-state index in [9.17, 15) is 4.39 Å². The fourth-order valence-corrected chi connectivity index (χ4v) is 5.94. The van der Waals surface area contributed by atoms with Crippen LogP contribution in [0.5, 0.6) is 0 Å². The Labute approximate surface area is 258 Å². The van der Waals surface area contributed by atoms with Crippen molar-refractivity contribution in [2.24, 2.45) is 0 Å². The SMILES string of the molecule is CN(C)CCNc1cc(F)cc(-c2nccc3[nH]c(-c4n[nH]c5cnc(-c6cncc(CN7CCCCC7)c6)c(F)c45)nc23)c1. The molecule has 6 aromatic rings. The number of hydrogen-bond donors (Lipinski definition) is 3. The molecule has 12 heteroatoms. The summed E-state index contributed by atoms with van der Waals surface area (Å²) >= 11 is 0. The second-order valence-electron chi connectivity index (χ2n) is 11.8. The van der Waals surface area contributed by atoms with Gasteiger partial charge in [-0.05, 0) is 75.9 Å². The number of pyridine rings is 3. The predicted octanol–water partition coefficient (Wildman–Crippen LogP) is 5.86. The van der Waals surface area contributed by atoms with E-state index in [1.807, 2.05) is 37.3 Å². The first-order valence-electron chi connectivity index (χ1n) is 15.2. The van der Waals surface area contributed by atoms with Crippen LogP contribution in [-0.4, -0.2) is 85.2 Å². The molecule has 3 N–H and O–H groups in total. The van der Waals surface area contributed by atoms with Crippen molar-refractivity contribution >= 4 is 27.6 Å². The van der Waals surface area contributed by atoms with Gasteiger partial charge in [0.1, 0.15) is 22.7 Å². The molecular formula is C33H34F2N10. The number of H-pyrrole nitrogens is 2. The summed E-state index contributed by atoms with van der Waals surface area (Å²) in [7, 11) is 3.96. The van der Waals surface area contributed by atoms with E-state index in [4.69, 9.17) is 4.98 Å². The summed E-state index contributed by atoms with van der Waals surface area (Å²) in [6.45, 7) is 4.35. The molecule has 6 heterocycles. The number of benzene rings is 1. The monoisotopic (exact) mass is 608 g/mol. The Bertz CT molecular complexity index is 1980. The zero-order valence-corrected chi connectivity index (χ0v) is 25.2. The van der Waals surface area contributed by atoms with Crippen molar-refractivity contribution < 1.29 is 8.78 Å². The van der Waals surface area contributed by atoms with E-state index < -0.39 is 5.82 Å². The highest BCUT2D eigenvalue weighted by atomic mass is 19.1. The topological polar surface area (TPSA) is 115 Å². The summed E-state index contributed by atoms with van der Waals surface area (Å²) in [6.07, 6.45) is 10.3. The van der Waals surface area contributed by atoms with E-state index >= 15 is 4.39 Å². The van der Waals surface area contributed by atoms with Crippen LogP contribution in [0.25, 0.3) is 56.0 Å². The van der Waals surface area contributed by atoms with Crippen molar-refractivity contribution in [1.82, 2.24) is 44.9 Å². The number of halogens is 2. The van der Waals surface area contributed by atoms with Gasteiger partial charge in [0.25, 0.3) is 0 Å². The Kier molecular flexibility index (Phi) is 7.90. The van der Waals surface area contributed by atoms with Crippen LogP contribution < -0.4 is 5.32 Å². The summed E-state index contributed by atoms with van der Waals surface area (Å²) in [5, 5.41) is 10.8. The molecule has 0 spiro atoms. The number of rotatable bonds is 9. The van der Waals surface area contributed by atoms with Gasteiger partial charge in [-0.15, -0.1) is 0 Å². The summed E-state index contributed by atoms with van der Waals surface area (Å²) in [6, 6.07) is 8.48. The maximum atomic E-state index is 16.3. The lowest BCUT2D eigenvalue weighted by Gasteiger charge is -2.26. The van der Waals surface area contributed by atoms with Crippen LogP contribution in [0.3, 0.4) is 0 Å². The number of fused-ring (bicyclic) bond motifs is 2. The molecule has 0 radical (unpaired) electrons. The minimum Gasteiger partial charge on any atom is -0.384 e. The van der Waals surface area contributed by atoms with Crippen LogP contribution in [0.1, 0.15) is 24.8 Å². The Morgan fingerprint density at radius 1 is 0.911 bits per heavy atom. The molecular weight excluding hydrogens is 574 g/mol. The van der Waals surface area contributed by atoms with Crippen LogP contribution >= 0.6 is 0 Å². The lowest BCUT2D eigenvalue weighted by atomic mass is 10.1. The van der Waals surface area contributed by atoms with Crippen LogP contribution in [0.15, 0.2) is 55.1 Å². The highest BCUT2D eigenvalue weighted by molar-refractivity contribution is 5.97. The molecule has 10 nitrogen and oxygen atoms in total. The third kappa shape index (κ3) is 5.98. The average molecular weight is 609 g/mol. The zero-order valence-electron chi connectivity index (χ0n) is 25.2. The predicted molar refractivity (Wildman–Crippen MR) is 172 cm³/mol.